The summed E-state index contributed by atoms with van der Waals surface area (Å²) >= 11 is 0. The quantitative estimate of drug-likeness (QED) is 0.687. The van der Waals surface area contributed by atoms with Crippen LogP contribution in [-0.2, 0) is 16.0 Å². The second-order valence-corrected chi connectivity index (χ2v) is 4.10. The molecule has 0 aliphatic heterocycles. The molecule has 98 valence electrons. The van der Waals surface area contributed by atoms with Gasteiger partial charge >= 0.3 is 5.97 Å². The van der Waals surface area contributed by atoms with Crippen molar-refractivity contribution in [3.63, 3.8) is 0 Å². The molecule has 0 bridgehead atoms. The van der Waals surface area contributed by atoms with Gasteiger partial charge in [-0.05, 0) is 18.4 Å². The smallest absolute Gasteiger partial charge is 0.326 e. The molecular weight excluding hydrogens is 232 g/mol. The lowest BCUT2D eigenvalue weighted by Gasteiger charge is -2.16. The van der Waals surface area contributed by atoms with Crippen molar-refractivity contribution in [2.75, 3.05) is 0 Å². The topological polar surface area (TPSA) is 92.4 Å². The Morgan fingerprint density at radius 2 is 1.94 bits per heavy atom. The van der Waals surface area contributed by atoms with E-state index in [0.29, 0.717) is 12.8 Å². The number of amides is 1. The maximum atomic E-state index is 11.7. The predicted octanol–water partition coefficient (Wildman–Crippen LogP) is 0.536. The Labute approximate surface area is 106 Å². The van der Waals surface area contributed by atoms with Crippen molar-refractivity contribution >= 4 is 11.9 Å². The van der Waals surface area contributed by atoms with Gasteiger partial charge in [-0.2, -0.15) is 0 Å². The maximum absolute atomic E-state index is 11.7. The summed E-state index contributed by atoms with van der Waals surface area (Å²) in [6, 6.07) is 7.76. The third kappa shape index (κ3) is 4.18. The van der Waals surface area contributed by atoms with Gasteiger partial charge < -0.3 is 16.2 Å². The first-order chi connectivity index (χ1) is 8.54. The molecule has 0 spiro atoms. The largest absolute Gasteiger partial charge is 0.480 e. The van der Waals surface area contributed by atoms with Crippen molar-refractivity contribution in [3.8, 4) is 0 Å². The molecule has 18 heavy (non-hydrogen) atoms. The van der Waals surface area contributed by atoms with Gasteiger partial charge in [0.05, 0.1) is 6.04 Å². The second-order valence-electron chi connectivity index (χ2n) is 4.10. The molecule has 0 saturated heterocycles. The molecule has 0 aromatic heterocycles. The van der Waals surface area contributed by atoms with Gasteiger partial charge in [-0.25, -0.2) is 4.79 Å². The number of aliphatic carboxylic acids is 1. The number of carboxylic acid groups (broad SMARTS) is 1. The SMILES string of the molecule is CCC(NC(=O)[C@H](N)Cc1ccccc1)C(=O)O. The van der Waals surface area contributed by atoms with Crippen molar-refractivity contribution < 1.29 is 14.7 Å². The minimum absolute atomic E-state index is 0.332. The molecule has 0 aliphatic rings. The number of hydrogen-bond donors (Lipinski definition) is 3. The lowest BCUT2D eigenvalue weighted by Crippen LogP contribution is -2.48. The van der Waals surface area contributed by atoms with Crippen molar-refractivity contribution in [3.05, 3.63) is 35.9 Å². The van der Waals surface area contributed by atoms with E-state index in [2.05, 4.69) is 5.32 Å². The first-order valence-electron chi connectivity index (χ1n) is 5.87. The monoisotopic (exact) mass is 250 g/mol. The highest BCUT2D eigenvalue weighted by atomic mass is 16.4. The first-order valence-corrected chi connectivity index (χ1v) is 5.87. The van der Waals surface area contributed by atoms with E-state index in [-0.39, 0.29) is 0 Å². The third-order valence-corrected chi connectivity index (χ3v) is 2.66. The molecule has 0 fully saturated rings. The molecule has 0 heterocycles. The summed E-state index contributed by atoms with van der Waals surface area (Å²) in [6.07, 6.45) is 0.724. The van der Waals surface area contributed by atoms with Crippen LogP contribution in [0.4, 0.5) is 0 Å². The summed E-state index contributed by atoms with van der Waals surface area (Å²) < 4.78 is 0. The van der Waals surface area contributed by atoms with E-state index in [0.717, 1.165) is 5.56 Å². The number of rotatable bonds is 6. The fraction of sp³-hybridized carbons (Fsp3) is 0.385. The number of nitrogens with two attached hydrogens (primary N) is 1. The van der Waals surface area contributed by atoms with E-state index >= 15 is 0 Å². The molecule has 1 rings (SSSR count). The molecule has 1 aromatic rings. The van der Waals surface area contributed by atoms with E-state index in [1.165, 1.54) is 0 Å². The normalized spacial score (nSPS) is 13.7. The van der Waals surface area contributed by atoms with Crippen LogP contribution in [0, 0.1) is 0 Å². The Bertz CT molecular complexity index is 406. The van der Waals surface area contributed by atoms with Gasteiger partial charge in [-0.1, -0.05) is 37.3 Å². The molecule has 0 saturated carbocycles. The molecular formula is C13H18N2O3. The second kappa shape index (κ2) is 6.76. The summed E-state index contributed by atoms with van der Waals surface area (Å²) in [4.78, 5) is 22.5. The standard InChI is InChI=1S/C13H18N2O3/c1-2-11(13(17)18)15-12(16)10(14)8-9-6-4-3-5-7-9/h3-7,10-11H,2,8,14H2,1H3,(H,15,16)(H,17,18)/t10-,11?/m1/s1. The van der Waals surface area contributed by atoms with Crippen molar-refractivity contribution in [2.45, 2.75) is 31.8 Å². The zero-order chi connectivity index (χ0) is 13.5. The molecule has 5 heteroatoms. The van der Waals surface area contributed by atoms with Gasteiger partial charge in [0.2, 0.25) is 5.91 Å². The predicted molar refractivity (Wildman–Crippen MR) is 68.0 cm³/mol. The van der Waals surface area contributed by atoms with Crippen molar-refractivity contribution in [2.24, 2.45) is 5.73 Å². The zero-order valence-corrected chi connectivity index (χ0v) is 10.3. The highest BCUT2D eigenvalue weighted by Crippen LogP contribution is 2.02. The number of nitrogens with one attached hydrogen (secondary N) is 1. The Balaban J connectivity index is 2.54. The minimum Gasteiger partial charge on any atom is -0.480 e. The fourth-order valence-electron chi connectivity index (χ4n) is 1.58. The first kappa shape index (κ1) is 14.2. The Hall–Kier alpha value is -1.88. The fourth-order valence-corrected chi connectivity index (χ4v) is 1.58. The average Bonchev–Trinajstić information content (AvgIpc) is 2.36. The molecule has 0 radical (unpaired) electrons. The number of hydrogen-bond acceptors (Lipinski definition) is 3. The van der Waals surface area contributed by atoms with Gasteiger partial charge in [0.1, 0.15) is 6.04 Å². The summed E-state index contributed by atoms with van der Waals surface area (Å²) in [5, 5.41) is 11.3. The van der Waals surface area contributed by atoms with E-state index in [4.69, 9.17) is 10.8 Å². The van der Waals surface area contributed by atoms with Crippen molar-refractivity contribution in [1.29, 1.82) is 0 Å². The highest BCUT2D eigenvalue weighted by Gasteiger charge is 2.21. The van der Waals surface area contributed by atoms with Crippen LogP contribution in [0.5, 0.6) is 0 Å². The van der Waals surface area contributed by atoms with Gasteiger partial charge in [-0.3, -0.25) is 4.79 Å². The van der Waals surface area contributed by atoms with Crippen LogP contribution in [-0.4, -0.2) is 29.1 Å². The molecule has 0 aliphatic carbocycles. The number of carboxylic acids is 1. The van der Waals surface area contributed by atoms with Crippen molar-refractivity contribution in [1.82, 2.24) is 5.32 Å². The number of benzene rings is 1. The molecule has 1 amide bonds. The van der Waals surface area contributed by atoms with E-state index in [9.17, 15) is 9.59 Å². The average molecular weight is 250 g/mol. The van der Waals surface area contributed by atoms with Gasteiger partial charge in [0.25, 0.3) is 0 Å². The third-order valence-electron chi connectivity index (χ3n) is 2.66. The highest BCUT2D eigenvalue weighted by molar-refractivity contribution is 5.86. The summed E-state index contributed by atoms with van der Waals surface area (Å²) in [5.74, 6) is -1.48. The lowest BCUT2D eigenvalue weighted by atomic mass is 10.1. The van der Waals surface area contributed by atoms with Gasteiger partial charge in [-0.15, -0.1) is 0 Å². The number of carbonyl (C=O) groups excluding carboxylic acids is 1. The molecule has 4 N–H and O–H groups in total. The van der Waals surface area contributed by atoms with Crippen LogP contribution >= 0.6 is 0 Å². The maximum Gasteiger partial charge on any atom is 0.326 e. The number of carbonyl (C=O) groups is 2. The minimum atomic E-state index is -1.04. The zero-order valence-electron chi connectivity index (χ0n) is 10.3. The molecule has 5 nitrogen and oxygen atoms in total. The Morgan fingerprint density at radius 1 is 1.33 bits per heavy atom. The summed E-state index contributed by atoms with van der Waals surface area (Å²) in [5.41, 5.74) is 6.70. The van der Waals surface area contributed by atoms with Crippen LogP contribution in [0.25, 0.3) is 0 Å². The molecule has 2 atom stereocenters. The van der Waals surface area contributed by atoms with Crippen LogP contribution in [0.15, 0.2) is 30.3 Å². The van der Waals surface area contributed by atoms with Gasteiger partial charge in [0.15, 0.2) is 0 Å². The van der Waals surface area contributed by atoms with Gasteiger partial charge in [0, 0.05) is 0 Å². The lowest BCUT2D eigenvalue weighted by molar-refractivity contribution is -0.142. The van der Waals surface area contributed by atoms with Crippen LogP contribution < -0.4 is 11.1 Å². The van der Waals surface area contributed by atoms with E-state index in [1.54, 1.807) is 6.92 Å². The molecule has 1 unspecified atom stereocenters. The van der Waals surface area contributed by atoms with Crippen LogP contribution in [0.2, 0.25) is 0 Å². The molecule has 1 aromatic carbocycles. The summed E-state index contributed by atoms with van der Waals surface area (Å²) in [7, 11) is 0. The Morgan fingerprint density at radius 3 is 2.44 bits per heavy atom. The van der Waals surface area contributed by atoms with Crippen LogP contribution in [0.1, 0.15) is 18.9 Å². The van der Waals surface area contributed by atoms with E-state index < -0.39 is 24.0 Å². The summed E-state index contributed by atoms with van der Waals surface area (Å²) in [6.45, 7) is 1.70. The van der Waals surface area contributed by atoms with Crippen LogP contribution in [0.3, 0.4) is 0 Å². The Kier molecular flexibility index (Phi) is 5.32. The van der Waals surface area contributed by atoms with E-state index in [1.807, 2.05) is 30.3 Å².